The molecule has 0 aliphatic carbocycles. The first-order valence-corrected chi connectivity index (χ1v) is 3.64. The maximum atomic E-state index is 5.52. The molecular weight excluding hydrogens is 158 g/mol. The molecule has 6 nitrogen and oxygen atoms in total. The predicted octanol–water partition coefficient (Wildman–Crippen LogP) is -0.439. The van der Waals surface area contributed by atoms with Crippen LogP contribution in [0.15, 0.2) is 12.3 Å². The molecule has 0 amide bonds. The molecule has 0 spiro atoms. The first-order chi connectivity index (χ1) is 5.83. The number of nitrogens with two attached hydrogens (primary N) is 1. The van der Waals surface area contributed by atoms with Crippen LogP contribution >= 0.6 is 0 Å². The van der Waals surface area contributed by atoms with E-state index in [1.54, 1.807) is 12.3 Å². The lowest BCUT2D eigenvalue weighted by Gasteiger charge is -2.01. The highest BCUT2D eigenvalue weighted by Crippen LogP contribution is 2.07. The highest BCUT2D eigenvalue weighted by molar-refractivity contribution is 5.63. The summed E-state index contributed by atoms with van der Waals surface area (Å²) in [6, 6.07) is 1.80. The van der Waals surface area contributed by atoms with E-state index in [0.717, 1.165) is 5.52 Å². The SMILES string of the molecule is CCOn1ccc2c(N)nnn21. The second kappa shape index (κ2) is 2.40. The Morgan fingerprint density at radius 1 is 1.67 bits per heavy atom. The minimum Gasteiger partial charge on any atom is -0.397 e. The van der Waals surface area contributed by atoms with Crippen LogP contribution in [0.1, 0.15) is 6.92 Å². The second-order valence-corrected chi connectivity index (χ2v) is 2.29. The Morgan fingerprint density at radius 3 is 3.25 bits per heavy atom. The topological polar surface area (TPSA) is 70.4 Å². The molecule has 0 bridgehead atoms. The molecule has 0 saturated carbocycles. The maximum absolute atomic E-state index is 5.52. The van der Waals surface area contributed by atoms with Gasteiger partial charge in [-0.25, -0.2) is 0 Å². The van der Waals surface area contributed by atoms with Crippen molar-refractivity contribution in [1.82, 2.24) is 19.8 Å². The number of hydrogen-bond acceptors (Lipinski definition) is 4. The Labute approximate surface area is 68.5 Å². The van der Waals surface area contributed by atoms with Gasteiger partial charge < -0.3 is 10.6 Å². The van der Waals surface area contributed by atoms with E-state index in [1.807, 2.05) is 6.92 Å². The largest absolute Gasteiger partial charge is 0.397 e. The van der Waals surface area contributed by atoms with Crippen molar-refractivity contribution in [2.45, 2.75) is 6.92 Å². The summed E-state index contributed by atoms with van der Waals surface area (Å²) in [4.78, 5) is 6.68. The van der Waals surface area contributed by atoms with Crippen molar-refractivity contribution in [3.8, 4) is 0 Å². The number of fused-ring (bicyclic) bond motifs is 1. The van der Waals surface area contributed by atoms with Gasteiger partial charge in [-0.15, -0.1) is 14.6 Å². The third-order valence-electron chi connectivity index (χ3n) is 1.52. The van der Waals surface area contributed by atoms with Gasteiger partial charge in [0.25, 0.3) is 0 Å². The fourth-order valence-corrected chi connectivity index (χ4v) is 1.02. The molecule has 0 radical (unpaired) electrons. The molecule has 0 atom stereocenters. The van der Waals surface area contributed by atoms with Gasteiger partial charge in [-0.05, 0) is 18.2 Å². The molecule has 12 heavy (non-hydrogen) atoms. The van der Waals surface area contributed by atoms with Gasteiger partial charge in [0.2, 0.25) is 0 Å². The fourth-order valence-electron chi connectivity index (χ4n) is 1.02. The third kappa shape index (κ3) is 0.810. The zero-order valence-corrected chi connectivity index (χ0v) is 6.64. The first-order valence-electron chi connectivity index (χ1n) is 3.64. The highest BCUT2D eigenvalue weighted by Gasteiger charge is 2.05. The van der Waals surface area contributed by atoms with Crippen molar-refractivity contribution in [3.05, 3.63) is 12.3 Å². The molecule has 0 aliphatic rings. The number of anilines is 1. The Morgan fingerprint density at radius 2 is 2.50 bits per heavy atom. The van der Waals surface area contributed by atoms with Gasteiger partial charge in [0.05, 0.1) is 6.20 Å². The smallest absolute Gasteiger partial charge is 0.175 e. The number of rotatable bonds is 2. The summed E-state index contributed by atoms with van der Waals surface area (Å²) in [5.41, 5.74) is 6.28. The monoisotopic (exact) mass is 167 g/mol. The normalized spacial score (nSPS) is 10.8. The van der Waals surface area contributed by atoms with Crippen LogP contribution in [-0.2, 0) is 0 Å². The molecule has 2 aromatic heterocycles. The Hall–Kier alpha value is -1.72. The lowest BCUT2D eigenvalue weighted by Crippen LogP contribution is -2.15. The molecule has 0 saturated heterocycles. The van der Waals surface area contributed by atoms with E-state index in [2.05, 4.69) is 10.3 Å². The summed E-state index contributed by atoms with van der Waals surface area (Å²) in [5.74, 6) is 0.411. The third-order valence-corrected chi connectivity index (χ3v) is 1.52. The van der Waals surface area contributed by atoms with Crippen LogP contribution < -0.4 is 10.6 Å². The molecule has 2 N–H and O–H groups in total. The second-order valence-electron chi connectivity index (χ2n) is 2.29. The van der Waals surface area contributed by atoms with Crippen molar-refractivity contribution in [1.29, 1.82) is 0 Å². The van der Waals surface area contributed by atoms with E-state index in [4.69, 9.17) is 10.6 Å². The molecule has 0 aliphatic heterocycles. The minimum atomic E-state index is 0.411. The number of nitrogen functional groups attached to an aromatic ring is 1. The van der Waals surface area contributed by atoms with Gasteiger partial charge in [0.1, 0.15) is 12.1 Å². The Bertz CT molecular complexity index is 389. The van der Waals surface area contributed by atoms with Crippen LogP contribution in [0.3, 0.4) is 0 Å². The zero-order valence-electron chi connectivity index (χ0n) is 6.64. The van der Waals surface area contributed by atoms with Gasteiger partial charge in [-0.1, -0.05) is 0 Å². The van der Waals surface area contributed by atoms with Gasteiger partial charge in [-0.3, -0.25) is 0 Å². The molecule has 0 unspecified atom stereocenters. The maximum Gasteiger partial charge on any atom is 0.175 e. The molecule has 6 heteroatoms. The van der Waals surface area contributed by atoms with Crippen molar-refractivity contribution in [2.75, 3.05) is 12.3 Å². The van der Waals surface area contributed by atoms with Gasteiger partial charge in [0.15, 0.2) is 5.82 Å². The molecule has 2 rings (SSSR count). The van der Waals surface area contributed by atoms with E-state index in [1.165, 1.54) is 9.48 Å². The zero-order chi connectivity index (χ0) is 8.55. The lowest BCUT2D eigenvalue weighted by atomic mass is 10.5. The van der Waals surface area contributed by atoms with Crippen LogP contribution in [-0.4, -0.2) is 26.4 Å². The molecule has 2 aromatic rings. The average molecular weight is 167 g/mol. The number of hydrogen-bond donors (Lipinski definition) is 1. The minimum absolute atomic E-state index is 0.411. The van der Waals surface area contributed by atoms with Crippen molar-refractivity contribution < 1.29 is 4.84 Å². The van der Waals surface area contributed by atoms with Crippen molar-refractivity contribution in [3.63, 3.8) is 0 Å². The summed E-state index contributed by atoms with van der Waals surface area (Å²) in [5, 5.41) is 7.46. The van der Waals surface area contributed by atoms with E-state index >= 15 is 0 Å². The van der Waals surface area contributed by atoms with Gasteiger partial charge >= 0.3 is 0 Å². The van der Waals surface area contributed by atoms with Gasteiger partial charge in [-0.2, -0.15) is 0 Å². The summed E-state index contributed by atoms with van der Waals surface area (Å²) >= 11 is 0. The van der Waals surface area contributed by atoms with Crippen LogP contribution in [0.2, 0.25) is 0 Å². The van der Waals surface area contributed by atoms with Crippen molar-refractivity contribution >= 4 is 11.3 Å². The summed E-state index contributed by atoms with van der Waals surface area (Å²) in [7, 11) is 0. The van der Waals surface area contributed by atoms with Crippen LogP contribution in [0.4, 0.5) is 5.82 Å². The Balaban J connectivity index is 2.55. The lowest BCUT2D eigenvalue weighted by molar-refractivity contribution is 0.0759. The predicted molar refractivity (Wildman–Crippen MR) is 42.5 cm³/mol. The number of nitrogens with zero attached hydrogens (tertiary/aromatic N) is 4. The van der Waals surface area contributed by atoms with E-state index in [0.29, 0.717) is 12.4 Å². The molecule has 2 heterocycles. The molecule has 64 valence electrons. The van der Waals surface area contributed by atoms with Crippen LogP contribution in [0.5, 0.6) is 0 Å². The standard InChI is InChI=1S/C6H9N5O/c1-2-12-10-4-3-5-6(7)8-9-11(5)10/h3-4H,2,7H2,1H3. The average Bonchev–Trinajstić information content (AvgIpc) is 2.58. The summed E-state index contributed by atoms with van der Waals surface area (Å²) < 4.78 is 1.50. The van der Waals surface area contributed by atoms with E-state index in [-0.39, 0.29) is 0 Å². The molecule has 0 aromatic carbocycles. The highest BCUT2D eigenvalue weighted by atomic mass is 16.7. The quantitative estimate of drug-likeness (QED) is 0.658. The molecule has 0 fully saturated rings. The Kier molecular flexibility index (Phi) is 1.39. The number of aromatic nitrogens is 4. The fraction of sp³-hybridized carbons (Fsp3) is 0.333. The van der Waals surface area contributed by atoms with E-state index in [9.17, 15) is 0 Å². The van der Waals surface area contributed by atoms with Crippen molar-refractivity contribution in [2.24, 2.45) is 0 Å². The molecular formula is C6H9N5O. The summed E-state index contributed by atoms with van der Waals surface area (Å²) in [6.07, 6.45) is 1.74. The first kappa shape index (κ1) is 6.96. The summed E-state index contributed by atoms with van der Waals surface area (Å²) in [6.45, 7) is 2.47. The van der Waals surface area contributed by atoms with Crippen LogP contribution in [0, 0.1) is 0 Å². The van der Waals surface area contributed by atoms with E-state index < -0.39 is 0 Å². The van der Waals surface area contributed by atoms with Gasteiger partial charge in [0, 0.05) is 0 Å². The van der Waals surface area contributed by atoms with Crippen LogP contribution in [0.25, 0.3) is 5.52 Å².